The minimum Gasteiger partial charge on any atom is -0.492 e. The minimum absolute atomic E-state index is 0.0145. The molecule has 0 saturated heterocycles. The van der Waals surface area contributed by atoms with Gasteiger partial charge < -0.3 is 19.5 Å². The number of aromatic amines is 1. The van der Waals surface area contributed by atoms with Gasteiger partial charge in [0, 0.05) is 17.7 Å². The molecule has 0 radical (unpaired) electrons. The zero-order valence-corrected chi connectivity index (χ0v) is 13.2. The highest BCUT2D eigenvalue weighted by Crippen LogP contribution is 2.35. The average Bonchev–Trinajstić information content (AvgIpc) is 3.25. The van der Waals surface area contributed by atoms with E-state index in [2.05, 4.69) is 15.5 Å². The molecule has 0 saturated carbocycles. The van der Waals surface area contributed by atoms with E-state index in [1.165, 1.54) is 0 Å². The predicted molar refractivity (Wildman–Crippen MR) is 85.2 cm³/mol. The number of amides is 1. The lowest BCUT2D eigenvalue weighted by Gasteiger charge is -2.20. The second-order valence-corrected chi connectivity index (χ2v) is 5.97. The molecule has 0 fully saturated rings. The Morgan fingerprint density at radius 1 is 1.38 bits per heavy atom. The Labute approximate surface area is 139 Å². The predicted octanol–water partition coefficient (Wildman–Crippen LogP) is 1.44. The summed E-state index contributed by atoms with van der Waals surface area (Å²) in [5, 5.41) is 9.97. The standard InChI is InChI=1S/C17H19N3O4/c21-17(11-1-3-14-12(7-11)9-19-20-14)18-5-6-22-13-2-4-15-16(8-13)24-10-23-15/h2,4,8-9,11H,1,3,5-7,10H2,(H,18,21)(H,19,20). The first-order valence-corrected chi connectivity index (χ1v) is 8.11. The smallest absolute Gasteiger partial charge is 0.231 e. The van der Waals surface area contributed by atoms with Gasteiger partial charge in [-0.1, -0.05) is 0 Å². The fourth-order valence-corrected chi connectivity index (χ4v) is 3.09. The number of aryl methyl sites for hydroxylation is 1. The molecule has 2 heterocycles. The first kappa shape index (κ1) is 14.9. The van der Waals surface area contributed by atoms with Crippen molar-refractivity contribution in [3.05, 3.63) is 35.7 Å². The Balaban J connectivity index is 1.22. The summed E-state index contributed by atoms with van der Waals surface area (Å²) in [6, 6.07) is 5.45. The molecule has 1 aromatic carbocycles. The largest absolute Gasteiger partial charge is 0.492 e. The molecule has 4 rings (SSSR count). The molecule has 2 aliphatic rings. The molecule has 24 heavy (non-hydrogen) atoms. The van der Waals surface area contributed by atoms with Crippen molar-refractivity contribution in [3.8, 4) is 17.2 Å². The van der Waals surface area contributed by atoms with E-state index >= 15 is 0 Å². The lowest BCUT2D eigenvalue weighted by molar-refractivity contribution is -0.125. The fraction of sp³-hybridized carbons (Fsp3) is 0.412. The topological polar surface area (TPSA) is 85.5 Å². The highest BCUT2D eigenvalue weighted by molar-refractivity contribution is 5.79. The molecular formula is C17H19N3O4. The van der Waals surface area contributed by atoms with Gasteiger partial charge in [-0.15, -0.1) is 0 Å². The minimum atomic E-state index is 0.0145. The van der Waals surface area contributed by atoms with Crippen LogP contribution in [0.5, 0.6) is 17.2 Å². The van der Waals surface area contributed by atoms with Gasteiger partial charge in [0.2, 0.25) is 12.7 Å². The average molecular weight is 329 g/mol. The molecule has 1 unspecified atom stereocenters. The number of nitrogens with one attached hydrogen (secondary N) is 2. The number of fused-ring (bicyclic) bond motifs is 2. The van der Waals surface area contributed by atoms with E-state index in [4.69, 9.17) is 14.2 Å². The summed E-state index contributed by atoms with van der Waals surface area (Å²) in [6.45, 7) is 1.13. The van der Waals surface area contributed by atoms with Crippen molar-refractivity contribution in [3.63, 3.8) is 0 Å². The number of hydrogen-bond donors (Lipinski definition) is 2. The van der Waals surface area contributed by atoms with Crippen molar-refractivity contribution in [2.75, 3.05) is 19.9 Å². The summed E-state index contributed by atoms with van der Waals surface area (Å²) >= 11 is 0. The summed E-state index contributed by atoms with van der Waals surface area (Å²) in [5.74, 6) is 2.22. The first-order valence-electron chi connectivity index (χ1n) is 8.11. The third-order valence-corrected chi connectivity index (χ3v) is 4.40. The molecule has 7 nitrogen and oxygen atoms in total. The van der Waals surface area contributed by atoms with Crippen LogP contribution in [0.4, 0.5) is 0 Å². The summed E-state index contributed by atoms with van der Waals surface area (Å²) in [4.78, 5) is 12.3. The van der Waals surface area contributed by atoms with Crippen LogP contribution in [0.15, 0.2) is 24.4 Å². The Bertz CT molecular complexity index is 743. The maximum atomic E-state index is 12.3. The molecule has 1 amide bonds. The molecule has 0 bridgehead atoms. The van der Waals surface area contributed by atoms with Crippen LogP contribution in [-0.4, -0.2) is 36.0 Å². The number of ether oxygens (including phenoxy) is 3. The first-order chi connectivity index (χ1) is 11.8. The van der Waals surface area contributed by atoms with Gasteiger partial charge in [0.05, 0.1) is 12.7 Å². The van der Waals surface area contributed by atoms with Gasteiger partial charge in [-0.3, -0.25) is 9.89 Å². The maximum absolute atomic E-state index is 12.3. The van der Waals surface area contributed by atoms with E-state index in [-0.39, 0.29) is 18.6 Å². The third-order valence-electron chi connectivity index (χ3n) is 4.40. The number of carbonyl (C=O) groups excluding carboxylic acids is 1. The number of nitrogens with zero attached hydrogens (tertiary/aromatic N) is 1. The Morgan fingerprint density at radius 3 is 3.25 bits per heavy atom. The van der Waals surface area contributed by atoms with Gasteiger partial charge >= 0.3 is 0 Å². The molecule has 7 heteroatoms. The normalized spacial score (nSPS) is 18.1. The summed E-state index contributed by atoms with van der Waals surface area (Å²) in [5.41, 5.74) is 2.31. The lowest BCUT2D eigenvalue weighted by Crippen LogP contribution is -2.36. The number of carbonyl (C=O) groups is 1. The van der Waals surface area contributed by atoms with E-state index in [9.17, 15) is 4.79 Å². The van der Waals surface area contributed by atoms with Crippen LogP contribution in [0.3, 0.4) is 0 Å². The zero-order valence-electron chi connectivity index (χ0n) is 13.2. The summed E-state index contributed by atoms with van der Waals surface area (Å²) in [6.07, 6.45) is 4.30. The SMILES string of the molecule is O=C(NCCOc1ccc2c(c1)OCO2)C1CCc2[nH]ncc2C1. The van der Waals surface area contributed by atoms with Crippen molar-refractivity contribution in [1.29, 1.82) is 0 Å². The molecule has 1 aliphatic carbocycles. The number of aromatic nitrogens is 2. The molecule has 1 atom stereocenters. The molecule has 2 aromatic rings. The number of hydrogen-bond acceptors (Lipinski definition) is 5. The third kappa shape index (κ3) is 3.02. The van der Waals surface area contributed by atoms with E-state index in [0.717, 1.165) is 36.3 Å². The molecule has 1 aliphatic heterocycles. The summed E-state index contributed by atoms with van der Waals surface area (Å²) < 4.78 is 16.2. The van der Waals surface area contributed by atoms with Crippen LogP contribution >= 0.6 is 0 Å². The molecule has 2 N–H and O–H groups in total. The van der Waals surface area contributed by atoms with Crippen molar-refractivity contribution in [2.45, 2.75) is 19.3 Å². The second kappa shape index (κ2) is 6.43. The van der Waals surface area contributed by atoms with Crippen LogP contribution in [0, 0.1) is 5.92 Å². The molecule has 0 spiro atoms. The Kier molecular flexibility index (Phi) is 3.98. The van der Waals surface area contributed by atoms with Crippen molar-refractivity contribution in [2.24, 2.45) is 5.92 Å². The van der Waals surface area contributed by atoms with Gasteiger partial charge in [-0.25, -0.2) is 0 Å². The number of rotatable bonds is 5. The van der Waals surface area contributed by atoms with Crippen LogP contribution in [-0.2, 0) is 17.6 Å². The van der Waals surface area contributed by atoms with E-state index < -0.39 is 0 Å². The zero-order chi connectivity index (χ0) is 16.4. The van der Waals surface area contributed by atoms with E-state index in [1.807, 2.05) is 18.3 Å². The quantitative estimate of drug-likeness (QED) is 0.811. The van der Waals surface area contributed by atoms with Gasteiger partial charge in [-0.05, 0) is 37.0 Å². The number of benzene rings is 1. The molecule has 1 aromatic heterocycles. The Hall–Kier alpha value is -2.70. The van der Waals surface area contributed by atoms with Crippen LogP contribution in [0.2, 0.25) is 0 Å². The van der Waals surface area contributed by atoms with Crippen molar-refractivity contribution >= 4 is 5.91 Å². The summed E-state index contributed by atoms with van der Waals surface area (Å²) in [7, 11) is 0. The van der Waals surface area contributed by atoms with Gasteiger partial charge in [0.25, 0.3) is 0 Å². The fourth-order valence-electron chi connectivity index (χ4n) is 3.09. The monoisotopic (exact) mass is 329 g/mol. The van der Waals surface area contributed by atoms with Crippen molar-refractivity contribution in [1.82, 2.24) is 15.5 Å². The van der Waals surface area contributed by atoms with E-state index in [1.54, 1.807) is 6.07 Å². The lowest BCUT2D eigenvalue weighted by atomic mass is 9.87. The van der Waals surface area contributed by atoms with Gasteiger partial charge in [-0.2, -0.15) is 5.10 Å². The second-order valence-electron chi connectivity index (χ2n) is 5.97. The highest BCUT2D eigenvalue weighted by atomic mass is 16.7. The van der Waals surface area contributed by atoms with Crippen LogP contribution in [0.25, 0.3) is 0 Å². The van der Waals surface area contributed by atoms with Crippen LogP contribution in [0.1, 0.15) is 17.7 Å². The van der Waals surface area contributed by atoms with Gasteiger partial charge in [0.15, 0.2) is 11.5 Å². The molecule has 126 valence electrons. The molecular weight excluding hydrogens is 310 g/mol. The van der Waals surface area contributed by atoms with Crippen molar-refractivity contribution < 1.29 is 19.0 Å². The van der Waals surface area contributed by atoms with Gasteiger partial charge in [0.1, 0.15) is 12.4 Å². The highest BCUT2D eigenvalue weighted by Gasteiger charge is 2.25. The number of H-pyrrole nitrogens is 1. The maximum Gasteiger partial charge on any atom is 0.231 e. The Morgan fingerprint density at radius 2 is 2.29 bits per heavy atom. The van der Waals surface area contributed by atoms with Crippen LogP contribution < -0.4 is 19.5 Å². The van der Waals surface area contributed by atoms with E-state index in [0.29, 0.717) is 24.7 Å².